The summed E-state index contributed by atoms with van der Waals surface area (Å²) >= 11 is 0. The van der Waals surface area contributed by atoms with E-state index < -0.39 is 0 Å². The zero-order valence-corrected chi connectivity index (χ0v) is 12.1. The molecule has 2 nitrogen and oxygen atoms in total. The van der Waals surface area contributed by atoms with Crippen LogP contribution in [0.3, 0.4) is 0 Å². The van der Waals surface area contributed by atoms with Crippen molar-refractivity contribution < 1.29 is 4.74 Å². The maximum absolute atomic E-state index is 6.29. The Morgan fingerprint density at radius 2 is 2.00 bits per heavy atom. The highest BCUT2D eigenvalue weighted by Crippen LogP contribution is 2.37. The van der Waals surface area contributed by atoms with Crippen LogP contribution in [-0.4, -0.2) is 19.3 Å². The largest absolute Gasteiger partial charge is 0.382 e. The third kappa shape index (κ3) is 4.32. The normalized spacial score (nSPS) is 27.4. The lowest BCUT2D eigenvalue weighted by atomic mass is 9.74. The van der Waals surface area contributed by atoms with E-state index in [9.17, 15) is 0 Å². The van der Waals surface area contributed by atoms with Crippen molar-refractivity contribution in [2.24, 2.45) is 11.7 Å². The van der Waals surface area contributed by atoms with Gasteiger partial charge in [-0.1, -0.05) is 30.3 Å². The van der Waals surface area contributed by atoms with Crippen LogP contribution in [0.25, 0.3) is 0 Å². The van der Waals surface area contributed by atoms with Gasteiger partial charge in [0.25, 0.3) is 0 Å². The van der Waals surface area contributed by atoms with Crippen LogP contribution in [0.1, 0.15) is 50.5 Å². The molecule has 1 aromatic carbocycles. The van der Waals surface area contributed by atoms with Crippen molar-refractivity contribution in [1.29, 1.82) is 0 Å². The van der Waals surface area contributed by atoms with E-state index in [2.05, 4.69) is 37.3 Å². The fourth-order valence-corrected chi connectivity index (χ4v) is 3.24. The summed E-state index contributed by atoms with van der Waals surface area (Å²) in [6.45, 7) is 3.76. The van der Waals surface area contributed by atoms with Gasteiger partial charge in [0, 0.05) is 19.3 Å². The molecule has 19 heavy (non-hydrogen) atoms. The first-order chi connectivity index (χ1) is 9.31. The van der Waals surface area contributed by atoms with Crippen LogP contribution in [0.5, 0.6) is 0 Å². The minimum atomic E-state index is 0.390. The van der Waals surface area contributed by atoms with Crippen LogP contribution in [0.2, 0.25) is 0 Å². The van der Waals surface area contributed by atoms with E-state index in [1.165, 1.54) is 31.2 Å². The maximum atomic E-state index is 6.29. The second-order valence-corrected chi connectivity index (χ2v) is 5.68. The molecule has 0 bridgehead atoms. The van der Waals surface area contributed by atoms with Crippen LogP contribution >= 0.6 is 0 Å². The lowest BCUT2D eigenvalue weighted by molar-refractivity contribution is 0.133. The summed E-state index contributed by atoms with van der Waals surface area (Å²) in [7, 11) is 0. The van der Waals surface area contributed by atoms with E-state index in [0.717, 1.165) is 19.6 Å². The predicted octanol–water partition coefficient (Wildman–Crippen LogP) is 3.71. The standard InChI is InChI=1S/C17H27NO/c1-2-19-12-6-9-16-13-15(10-11-17(16)18)14-7-4-3-5-8-14/h3-5,7-8,15-17H,2,6,9-13,18H2,1H3. The highest BCUT2D eigenvalue weighted by molar-refractivity contribution is 5.20. The van der Waals surface area contributed by atoms with Crippen molar-refractivity contribution in [3.63, 3.8) is 0 Å². The molecule has 0 radical (unpaired) electrons. The summed E-state index contributed by atoms with van der Waals surface area (Å²) in [4.78, 5) is 0. The molecular weight excluding hydrogens is 234 g/mol. The first-order valence-corrected chi connectivity index (χ1v) is 7.69. The fraction of sp³-hybridized carbons (Fsp3) is 0.647. The maximum Gasteiger partial charge on any atom is 0.0466 e. The van der Waals surface area contributed by atoms with E-state index in [0.29, 0.717) is 17.9 Å². The molecule has 2 rings (SSSR count). The van der Waals surface area contributed by atoms with Gasteiger partial charge in [-0.15, -0.1) is 0 Å². The van der Waals surface area contributed by atoms with Crippen molar-refractivity contribution in [2.75, 3.05) is 13.2 Å². The van der Waals surface area contributed by atoms with Gasteiger partial charge in [0.2, 0.25) is 0 Å². The monoisotopic (exact) mass is 261 g/mol. The smallest absolute Gasteiger partial charge is 0.0466 e. The number of hydrogen-bond donors (Lipinski definition) is 1. The first-order valence-electron chi connectivity index (χ1n) is 7.69. The summed E-state index contributed by atoms with van der Waals surface area (Å²) in [5, 5.41) is 0. The highest BCUT2D eigenvalue weighted by atomic mass is 16.5. The third-order valence-corrected chi connectivity index (χ3v) is 4.38. The molecule has 1 fully saturated rings. The summed E-state index contributed by atoms with van der Waals surface area (Å²) in [6, 6.07) is 11.3. The molecule has 3 unspecified atom stereocenters. The molecule has 0 aromatic heterocycles. The second-order valence-electron chi connectivity index (χ2n) is 5.68. The van der Waals surface area contributed by atoms with E-state index in [4.69, 9.17) is 10.5 Å². The third-order valence-electron chi connectivity index (χ3n) is 4.38. The van der Waals surface area contributed by atoms with Crippen molar-refractivity contribution in [3.8, 4) is 0 Å². The molecule has 2 heteroatoms. The van der Waals surface area contributed by atoms with Crippen LogP contribution in [0.4, 0.5) is 0 Å². The molecule has 3 atom stereocenters. The quantitative estimate of drug-likeness (QED) is 0.792. The summed E-state index contributed by atoms with van der Waals surface area (Å²) in [5.41, 5.74) is 7.78. The van der Waals surface area contributed by atoms with Gasteiger partial charge in [-0.2, -0.15) is 0 Å². The van der Waals surface area contributed by atoms with Gasteiger partial charge >= 0.3 is 0 Å². The van der Waals surface area contributed by atoms with Crippen LogP contribution < -0.4 is 5.73 Å². The Morgan fingerprint density at radius 1 is 1.21 bits per heavy atom. The Morgan fingerprint density at radius 3 is 2.74 bits per heavy atom. The molecule has 2 N–H and O–H groups in total. The second kappa shape index (κ2) is 7.66. The Balaban J connectivity index is 1.85. The fourth-order valence-electron chi connectivity index (χ4n) is 3.24. The molecule has 1 aromatic rings. The van der Waals surface area contributed by atoms with E-state index >= 15 is 0 Å². The lowest BCUT2D eigenvalue weighted by Gasteiger charge is -2.34. The van der Waals surface area contributed by atoms with Crippen LogP contribution in [0, 0.1) is 5.92 Å². The van der Waals surface area contributed by atoms with Gasteiger partial charge in [0.15, 0.2) is 0 Å². The van der Waals surface area contributed by atoms with Gasteiger partial charge < -0.3 is 10.5 Å². The molecule has 1 aliphatic rings. The molecule has 1 saturated carbocycles. The number of hydrogen-bond acceptors (Lipinski definition) is 2. The SMILES string of the molecule is CCOCCCC1CC(c2ccccc2)CCC1N. The van der Waals surface area contributed by atoms with Crippen molar-refractivity contribution >= 4 is 0 Å². The first kappa shape index (κ1) is 14.5. The summed E-state index contributed by atoms with van der Waals surface area (Å²) in [5.74, 6) is 1.37. The van der Waals surface area contributed by atoms with Crippen LogP contribution in [-0.2, 0) is 4.74 Å². The number of rotatable bonds is 6. The average Bonchev–Trinajstić information content (AvgIpc) is 2.46. The van der Waals surface area contributed by atoms with Crippen molar-refractivity contribution in [1.82, 2.24) is 0 Å². The zero-order chi connectivity index (χ0) is 13.5. The molecule has 106 valence electrons. The Kier molecular flexibility index (Phi) is 5.87. The molecule has 0 aliphatic heterocycles. The van der Waals surface area contributed by atoms with E-state index in [-0.39, 0.29) is 0 Å². The van der Waals surface area contributed by atoms with Gasteiger partial charge in [0.1, 0.15) is 0 Å². The number of nitrogens with two attached hydrogens (primary N) is 1. The molecule has 1 aliphatic carbocycles. The summed E-state index contributed by atoms with van der Waals surface area (Å²) < 4.78 is 5.43. The van der Waals surface area contributed by atoms with E-state index in [1.54, 1.807) is 0 Å². The average molecular weight is 261 g/mol. The highest BCUT2D eigenvalue weighted by Gasteiger charge is 2.28. The zero-order valence-electron chi connectivity index (χ0n) is 12.1. The minimum Gasteiger partial charge on any atom is -0.382 e. The lowest BCUT2D eigenvalue weighted by Crippen LogP contribution is -2.35. The Labute approximate surface area is 117 Å². The molecule has 0 heterocycles. The molecular formula is C17H27NO. The van der Waals surface area contributed by atoms with Crippen molar-refractivity contribution in [3.05, 3.63) is 35.9 Å². The van der Waals surface area contributed by atoms with Gasteiger partial charge in [-0.25, -0.2) is 0 Å². The van der Waals surface area contributed by atoms with Gasteiger partial charge in [0.05, 0.1) is 0 Å². The molecule has 0 saturated heterocycles. The Bertz CT molecular complexity index is 352. The molecule has 0 spiro atoms. The van der Waals surface area contributed by atoms with Gasteiger partial charge in [-0.3, -0.25) is 0 Å². The minimum absolute atomic E-state index is 0.390. The van der Waals surface area contributed by atoms with Crippen molar-refractivity contribution in [2.45, 2.75) is 51.0 Å². The summed E-state index contributed by atoms with van der Waals surface area (Å²) in [6.07, 6.45) is 6.02. The predicted molar refractivity (Wildman–Crippen MR) is 80.2 cm³/mol. The van der Waals surface area contributed by atoms with Gasteiger partial charge in [-0.05, 0) is 56.4 Å². The Hall–Kier alpha value is -0.860. The number of benzene rings is 1. The van der Waals surface area contributed by atoms with Crippen LogP contribution in [0.15, 0.2) is 30.3 Å². The number of ether oxygens (including phenoxy) is 1. The molecule has 0 amide bonds. The van der Waals surface area contributed by atoms with E-state index in [1.807, 2.05) is 0 Å². The topological polar surface area (TPSA) is 35.2 Å².